The quantitative estimate of drug-likeness (QED) is 0.616. The van der Waals surface area contributed by atoms with Crippen LogP contribution in [0.2, 0.25) is 0 Å². The molecule has 9 heteroatoms. The second-order valence-corrected chi connectivity index (χ2v) is 7.43. The number of aliphatic imine (C=N–C) groups is 1. The Morgan fingerprint density at radius 2 is 1.96 bits per heavy atom. The van der Waals surface area contributed by atoms with Crippen molar-refractivity contribution < 1.29 is 19.4 Å². The molecule has 3 atom stereocenters. The van der Waals surface area contributed by atoms with Gasteiger partial charge in [-0.1, -0.05) is 32.0 Å². The first-order chi connectivity index (χ1) is 13.4. The van der Waals surface area contributed by atoms with E-state index in [1.54, 1.807) is 11.9 Å². The van der Waals surface area contributed by atoms with E-state index >= 15 is 0 Å². The monoisotopic (exact) mass is 389 g/mol. The Kier molecular flexibility index (Phi) is 6.03. The number of guanidine groups is 1. The maximum atomic E-state index is 12.5. The number of likely N-dealkylation sites (N-methyl/N-ethyl adjacent to an activating group) is 1. The first-order valence-electron chi connectivity index (χ1n) is 9.38. The Labute approximate surface area is 164 Å². The lowest BCUT2D eigenvalue weighted by atomic mass is 10.1. The lowest BCUT2D eigenvalue weighted by Crippen LogP contribution is -2.65. The molecular weight excluding hydrogens is 362 g/mol. The molecule has 2 aliphatic rings. The number of nitrogens with zero attached hydrogens (tertiary/aromatic N) is 3. The van der Waals surface area contributed by atoms with Crippen molar-refractivity contribution >= 4 is 17.9 Å². The molecule has 3 amide bonds. The van der Waals surface area contributed by atoms with Crippen LogP contribution in [0.25, 0.3) is 0 Å². The first kappa shape index (κ1) is 19.9. The van der Waals surface area contributed by atoms with Crippen molar-refractivity contribution in [3.63, 3.8) is 0 Å². The summed E-state index contributed by atoms with van der Waals surface area (Å²) in [6, 6.07) is 8.09. The number of amides is 3. The summed E-state index contributed by atoms with van der Waals surface area (Å²) in [6.07, 6.45) is -1.38. The lowest BCUT2D eigenvalue weighted by Gasteiger charge is -2.35. The Morgan fingerprint density at radius 3 is 2.64 bits per heavy atom. The van der Waals surface area contributed by atoms with E-state index in [0.717, 1.165) is 0 Å². The Hall–Kier alpha value is -2.81. The second-order valence-electron chi connectivity index (χ2n) is 7.43. The average molecular weight is 389 g/mol. The molecule has 1 aromatic rings. The molecule has 3 rings (SSSR count). The minimum atomic E-state index is -0.847. The number of carbonyl (C=O) groups excluding carboxylic acids is 2. The zero-order valence-electron chi connectivity index (χ0n) is 16.3. The lowest BCUT2D eigenvalue weighted by molar-refractivity contribution is -0.127. The summed E-state index contributed by atoms with van der Waals surface area (Å²) in [7, 11) is 1.62. The van der Waals surface area contributed by atoms with Gasteiger partial charge in [-0.15, -0.1) is 0 Å². The molecule has 28 heavy (non-hydrogen) atoms. The zero-order valence-corrected chi connectivity index (χ0v) is 16.3. The molecule has 0 saturated carbocycles. The number of β-amino-alcohol motifs (C(OH)–C–C–N with tert-alkyl or cyclic N) is 1. The van der Waals surface area contributed by atoms with Crippen molar-refractivity contribution in [3.05, 3.63) is 30.3 Å². The van der Waals surface area contributed by atoms with Crippen LogP contribution in [-0.4, -0.2) is 77.9 Å². The third kappa shape index (κ3) is 4.36. The van der Waals surface area contributed by atoms with Crippen molar-refractivity contribution in [1.82, 2.24) is 20.4 Å². The fourth-order valence-electron chi connectivity index (χ4n) is 3.18. The molecular formula is C19H27N5O4. The number of hydrogen-bond donors (Lipinski definition) is 3. The fourth-order valence-corrected chi connectivity index (χ4v) is 3.18. The summed E-state index contributed by atoms with van der Waals surface area (Å²) < 4.78 is 5.61. The molecule has 0 aliphatic carbocycles. The van der Waals surface area contributed by atoms with E-state index in [-0.39, 0.29) is 13.2 Å². The molecule has 152 valence electrons. The van der Waals surface area contributed by atoms with E-state index in [9.17, 15) is 14.7 Å². The summed E-state index contributed by atoms with van der Waals surface area (Å²) in [5.41, 5.74) is 0. The van der Waals surface area contributed by atoms with Crippen LogP contribution in [0.5, 0.6) is 5.75 Å². The number of benzene rings is 1. The molecule has 3 unspecified atom stereocenters. The van der Waals surface area contributed by atoms with Gasteiger partial charge in [-0.2, -0.15) is 0 Å². The van der Waals surface area contributed by atoms with Gasteiger partial charge in [-0.05, 0) is 18.1 Å². The predicted octanol–water partition coefficient (Wildman–Crippen LogP) is 0.220. The minimum Gasteiger partial charge on any atom is -0.491 e. The number of para-hydroxylation sites is 1. The van der Waals surface area contributed by atoms with Gasteiger partial charge >= 0.3 is 6.03 Å². The van der Waals surface area contributed by atoms with Crippen LogP contribution in [0.4, 0.5) is 4.79 Å². The molecule has 2 fully saturated rings. The number of carbonyl (C=O) groups is 2. The van der Waals surface area contributed by atoms with Crippen LogP contribution in [0.15, 0.2) is 35.3 Å². The summed E-state index contributed by atoms with van der Waals surface area (Å²) in [4.78, 5) is 32.1. The highest BCUT2D eigenvalue weighted by Gasteiger charge is 2.50. The largest absolute Gasteiger partial charge is 0.491 e. The van der Waals surface area contributed by atoms with E-state index < -0.39 is 30.2 Å². The number of imide groups is 1. The second kappa shape index (κ2) is 8.47. The van der Waals surface area contributed by atoms with E-state index in [1.807, 2.05) is 44.2 Å². The smallest absolute Gasteiger partial charge is 0.325 e. The van der Waals surface area contributed by atoms with Gasteiger partial charge in [-0.3, -0.25) is 15.1 Å². The van der Waals surface area contributed by atoms with Crippen LogP contribution in [-0.2, 0) is 4.79 Å². The number of nitrogens with one attached hydrogen (secondary N) is 2. The fraction of sp³-hybridized carbons (Fsp3) is 0.526. The topological polar surface area (TPSA) is 106 Å². The van der Waals surface area contributed by atoms with Crippen molar-refractivity contribution in [2.45, 2.75) is 32.2 Å². The number of urea groups is 1. The van der Waals surface area contributed by atoms with Crippen LogP contribution in [0, 0.1) is 5.92 Å². The van der Waals surface area contributed by atoms with Crippen molar-refractivity contribution in [2.75, 3.05) is 26.7 Å². The summed E-state index contributed by atoms with van der Waals surface area (Å²) in [6.45, 7) is 4.87. The highest BCUT2D eigenvalue weighted by Crippen LogP contribution is 2.21. The zero-order chi connectivity index (χ0) is 20.3. The maximum absolute atomic E-state index is 12.5. The van der Waals surface area contributed by atoms with Crippen LogP contribution < -0.4 is 15.4 Å². The summed E-state index contributed by atoms with van der Waals surface area (Å²) >= 11 is 0. The van der Waals surface area contributed by atoms with Gasteiger partial charge in [0.2, 0.25) is 0 Å². The third-order valence-corrected chi connectivity index (χ3v) is 4.62. The van der Waals surface area contributed by atoms with Gasteiger partial charge in [0.05, 0.1) is 6.54 Å². The van der Waals surface area contributed by atoms with E-state index in [0.29, 0.717) is 24.2 Å². The third-order valence-electron chi connectivity index (χ3n) is 4.62. The van der Waals surface area contributed by atoms with Crippen LogP contribution in [0.1, 0.15) is 13.8 Å². The Morgan fingerprint density at radius 1 is 1.25 bits per heavy atom. The number of aliphatic hydroxyl groups excluding tert-OH is 1. The number of fused-ring (bicyclic) bond motifs is 1. The van der Waals surface area contributed by atoms with Gasteiger partial charge in [0.1, 0.15) is 24.6 Å². The molecule has 3 N–H and O–H groups in total. The van der Waals surface area contributed by atoms with Crippen molar-refractivity contribution in [2.24, 2.45) is 10.9 Å². The molecule has 2 saturated heterocycles. The SMILES string of the molecule is CC(C)CN=C1NC2C(C(=O)NC(=O)N2C)N1CC(O)COc1ccccc1. The minimum absolute atomic E-state index is 0.0751. The maximum Gasteiger partial charge on any atom is 0.325 e. The Balaban J connectivity index is 1.73. The van der Waals surface area contributed by atoms with E-state index in [1.165, 1.54) is 4.90 Å². The summed E-state index contributed by atoms with van der Waals surface area (Å²) in [5, 5.41) is 16.0. The molecule has 2 aliphatic heterocycles. The number of ether oxygens (including phenoxy) is 1. The average Bonchev–Trinajstić information content (AvgIpc) is 3.02. The molecule has 1 aromatic carbocycles. The number of rotatable bonds is 7. The van der Waals surface area contributed by atoms with E-state index in [2.05, 4.69) is 15.6 Å². The first-order valence-corrected chi connectivity index (χ1v) is 9.38. The van der Waals surface area contributed by atoms with Crippen LogP contribution >= 0.6 is 0 Å². The van der Waals surface area contributed by atoms with Gasteiger partial charge in [0.15, 0.2) is 12.0 Å². The molecule has 9 nitrogen and oxygen atoms in total. The highest BCUT2D eigenvalue weighted by atomic mass is 16.5. The van der Waals surface area contributed by atoms with E-state index in [4.69, 9.17) is 4.74 Å². The van der Waals surface area contributed by atoms with Gasteiger partial charge in [-0.25, -0.2) is 4.79 Å². The van der Waals surface area contributed by atoms with Crippen molar-refractivity contribution in [3.8, 4) is 5.75 Å². The normalized spacial score (nSPS) is 24.2. The molecule has 2 heterocycles. The molecule has 0 aromatic heterocycles. The van der Waals surface area contributed by atoms with Crippen molar-refractivity contribution in [1.29, 1.82) is 0 Å². The number of hydrogen-bond acceptors (Lipinski definition) is 5. The van der Waals surface area contributed by atoms with Gasteiger partial charge in [0.25, 0.3) is 5.91 Å². The molecule has 0 radical (unpaired) electrons. The van der Waals surface area contributed by atoms with Crippen LogP contribution in [0.3, 0.4) is 0 Å². The highest BCUT2D eigenvalue weighted by molar-refractivity contribution is 6.04. The standard InChI is InChI=1S/C19H27N5O4/c1-12(2)9-20-18-21-16-15(17(26)22-19(27)23(16)3)24(18)10-13(25)11-28-14-7-5-4-6-8-14/h4-8,12-13,15-16,25H,9-11H2,1-3H3,(H,20,21)(H,22,26,27). The number of aliphatic hydroxyl groups is 1. The van der Waals surface area contributed by atoms with Gasteiger partial charge < -0.3 is 25.0 Å². The van der Waals surface area contributed by atoms with Gasteiger partial charge in [0, 0.05) is 13.6 Å². The molecule has 0 spiro atoms. The Bertz CT molecular complexity index is 739. The summed E-state index contributed by atoms with van der Waals surface area (Å²) in [5.74, 6) is 1.08. The predicted molar refractivity (Wildman–Crippen MR) is 104 cm³/mol. The molecule has 0 bridgehead atoms.